The summed E-state index contributed by atoms with van der Waals surface area (Å²) in [6.45, 7) is 10.0. The second-order valence-corrected chi connectivity index (χ2v) is 8.66. The molecule has 0 heterocycles. The summed E-state index contributed by atoms with van der Waals surface area (Å²) in [6.07, 6.45) is 13.6. The minimum atomic E-state index is 0.705. The molecule has 3 saturated carbocycles. The van der Waals surface area contributed by atoms with Gasteiger partial charge in [0.05, 0.1) is 0 Å². The highest BCUT2D eigenvalue weighted by atomic mass is 14.6. The van der Waals surface area contributed by atoms with Crippen molar-refractivity contribution in [1.82, 2.24) is 0 Å². The summed E-state index contributed by atoms with van der Waals surface area (Å²) in [4.78, 5) is 0. The molecule has 0 amide bonds. The van der Waals surface area contributed by atoms with Crippen LogP contribution in [0.5, 0.6) is 0 Å². The maximum Gasteiger partial charge on any atom is -0.0269 e. The van der Waals surface area contributed by atoms with Gasteiger partial charge >= 0.3 is 0 Å². The van der Waals surface area contributed by atoms with Crippen LogP contribution in [0.3, 0.4) is 0 Å². The minimum Gasteiger partial charge on any atom is -0.0654 e. The molecular formula is C20H36. The lowest BCUT2D eigenvalue weighted by atomic mass is 9.51. The summed E-state index contributed by atoms with van der Waals surface area (Å²) in [5, 5.41) is 0. The molecule has 116 valence electrons. The molecule has 6 unspecified atom stereocenters. The highest BCUT2D eigenvalue weighted by Gasteiger charge is 2.54. The first-order valence-corrected chi connectivity index (χ1v) is 9.61. The van der Waals surface area contributed by atoms with Gasteiger partial charge in [0.2, 0.25) is 0 Å². The van der Waals surface area contributed by atoms with E-state index < -0.39 is 0 Å². The molecule has 20 heavy (non-hydrogen) atoms. The Balaban J connectivity index is 1.79. The van der Waals surface area contributed by atoms with Crippen LogP contribution >= 0.6 is 0 Å². The molecule has 0 heteroatoms. The highest BCUT2D eigenvalue weighted by molar-refractivity contribution is 5.04. The fraction of sp³-hybridized carbons (Fsp3) is 1.00. The molecule has 0 radical (unpaired) electrons. The van der Waals surface area contributed by atoms with Crippen LogP contribution in [0, 0.1) is 40.9 Å². The summed E-state index contributed by atoms with van der Waals surface area (Å²) in [5.41, 5.74) is 0.705. The van der Waals surface area contributed by atoms with Crippen molar-refractivity contribution in [2.24, 2.45) is 40.9 Å². The molecule has 0 N–H and O–H groups in total. The van der Waals surface area contributed by atoms with E-state index in [-0.39, 0.29) is 0 Å². The van der Waals surface area contributed by atoms with Crippen LogP contribution in [0.4, 0.5) is 0 Å². The van der Waals surface area contributed by atoms with Crippen molar-refractivity contribution in [1.29, 1.82) is 0 Å². The normalized spacial score (nSPS) is 51.6. The van der Waals surface area contributed by atoms with Crippen molar-refractivity contribution in [3.63, 3.8) is 0 Å². The maximum atomic E-state index is 2.64. The molecule has 7 atom stereocenters. The van der Waals surface area contributed by atoms with Crippen LogP contribution in [-0.2, 0) is 0 Å². The molecule has 3 aliphatic carbocycles. The average Bonchev–Trinajstić information content (AvgIpc) is 2.75. The molecule has 3 aliphatic rings. The zero-order valence-electron chi connectivity index (χ0n) is 14.3. The van der Waals surface area contributed by atoms with E-state index in [0.717, 1.165) is 35.5 Å². The molecular weight excluding hydrogens is 240 g/mol. The van der Waals surface area contributed by atoms with Crippen LogP contribution in [0.1, 0.15) is 85.5 Å². The number of fused-ring (bicyclic) bond motifs is 3. The van der Waals surface area contributed by atoms with E-state index in [1.165, 1.54) is 32.1 Å². The Kier molecular flexibility index (Phi) is 4.22. The van der Waals surface area contributed by atoms with Gasteiger partial charge in [0, 0.05) is 0 Å². The number of hydrogen-bond acceptors (Lipinski definition) is 0. The number of hydrogen-bond donors (Lipinski definition) is 0. The Labute approximate surface area is 127 Å². The van der Waals surface area contributed by atoms with E-state index in [9.17, 15) is 0 Å². The van der Waals surface area contributed by atoms with Gasteiger partial charge in [0.1, 0.15) is 0 Å². The predicted octanol–water partition coefficient (Wildman–Crippen LogP) is 6.30. The number of rotatable bonds is 3. The molecule has 0 aromatic rings. The third-order valence-corrected chi connectivity index (χ3v) is 8.12. The second kappa shape index (κ2) is 5.65. The van der Waals surface area contributed by atoms with E-state index >= 15 is 0 Å². The standard InChI is InChI=1S/C20H36/c1-5-7-15-9-10-18-17(16(15)6-2)12-13-20(4)14(3)8-11-19(18)20/h14-19H,5-13H2,1-4H3/t14?,15?,16?,17?,18?,19?,20-/m1/s1. The first kappa shape index (κ1) is 14.9. The molecule has 0 aliphatic heterocycles. The lowest BCUT2D eigenvalue weighted by Crippen LogP contribution is -2.46. The Morgan fingerprint density at radius 1 is 0.950 bits per heavy atom. The molecule has 0 saturated heterocycles. The van der Waals surface area contributed by atoms with E-state index in [2.05, 4.69) is 27.7 Å². The van der Waals surface area contributed by atoms with E-state index in [4.69, 9.17) is 0 Å². The van der Waals surface area contributed by atoms with Gasteiger partial charge in [-0.25, -0.2) is 0 Å². The monoisotopic (exact) mass is 276 g/mol. The topological polar surface area (TPSA) is 0 Å². The van der Waals surface area contributed by atoms with Crippen molar-refractivity contribution in [3.8, 4) is 0 Å². The predicted molar refractivity (Wildman–Crippen MR) is 87.6 cm³/mol. The Morgan fingerprint density at radius 2 is 1.75 bits per heavy atom. The molecule has 3 fully saturated rings. The Hall–Kier alpha value is 0. The van der Waals surface area contributed by atoms with Gasteiger partial charge in [-0.2, -0.15) is 0 Å². The third-order valence-electron chi connectivity index (χ3n) is 8.12. The largest absolute Gasteiger partial charge is 0.0654 e. The SMILES string of the molecule is CCCC1CCC2C(CC[C@]3(C)C(C)CCC23)C1CC. The Morgan fingerprint density at radius 3 is 2.45 bits per heavy atom. The summed E-state index contributed by atoms with van der Waals surface area (Å²) >= 11 is 0. The van der Waals surface area contributed by atoms with Crippen molar-refractivity contribution in [3.05, 3.63) is 0 Å². The molecule has 0 spiro atoms. The van der Waals surface area contributed by atoms with Gasteiger partial charge in [-0.05, 0) is 79.4 Å². The smallest absolute Gasteiger partial charge is 0.0269 e. The maximum absolute atomic E-state index is 2.64. The summed E-state index contributed by atoms with van der Waals surface area (Å²) in [7, 11) is 0. The van der Waals surface area contributed by atoms with Gasteiger partial charge in [-0.1, -0.05) is 47.0 Å². The van der Waals surface area contributed by atoms with E-state index in [1.807, 2.05) is 0 Å². The third kappa shape index (κ3) is 2.17. The zero-order valence-corrected chi connectivity index (χ0v) is 14.3. The second-order valence-electron chi connectivity index (χ2n) is 8.66. The fourth-order valence-corrected chi connectivity index (χ4v) is 6.86. The van der Waals surface area contributed by atoms with Crippen LogP contribution < -0.4 is 0 Å². The summed E-state index contributed by atoms with van der Waals surface area (Å²) in [5.74, 6) is 6.38. The van der Waals surface area contributed by atoms with Gasteiger partial charge in [0.25, 0.3) is 0 Å². The molecule has 0 nitrogen and oxygen atoms in total. The fourth-order valence-electron chi connectivity index (χ4n) is 6.86. The van der Waals surface area contributed by atoms with Gasteiger partial charge in [-0.15, -0.1) is 0 Å². The van der Waals surface area contributed by atoms with Crippen molar-refractivity contribution < 1.29 is 0 Å². The van der Waals surface area contributed by atoms with Gasteiger partial charge < -0.3 is 0 Å². The van der Waals surface area contributed by atoms with Crippen molar-refractivity contribution in [2.45, 2.75) is 85.5 Å². The van der Waals surface area contributed by atoms with E-state index in [1.54, 1.807) is 25.7 Å². The lowest BCUT2D eigenvalue weighted by molar-refractivity contribution is -0.0517. The van der Waals surface area contributed by atoms with Crippen LogP contribution in [0.25, 0.3) is 0 Å². The van der Waals surface area contributed by atoms with Crippen LogP contribution in [0.15, 0.2) is 0 Å². The van der Waals surface area contributed by atoms with Crippen molar-refractivity contribution in [2.75, 3.05) is 0 Å². The molecule has 0 aromatic carbocycles. The van der Waals surface area contributed by atoms with E-state index in [0.29, 0.717) is 5.41 Å². The quantitative estimate of drug-likeness (QED) is 0.567. The Bertz CT molecular complexity index is 333. The van der Waals surface area contributed by atoms with Crippen LogP contribution in [-0.4, -0.2) is 0 Å². The lowest BCUT2D eigenvalue weighted by Gasteiger charge is -2.54. The highest BCUT2D eigenvalue weighted by Crippen LogP contribution is 2.63. The zero-order chi connectivity index (χ0) is 14.3. The minimum absolute atomic E-state index is 0.705. The van der Waals surface area contributed by atoms with Crippen molar-refractivity contribution >= 4 is 0 Å². The first-order valence-electron chi connectivity index (χ1n) is 9.61. The molecule has 0 aromatic heterocycles. The van der Waals surface area contributed by atoms with Gasteiger partial charge in [0.15, 0.2) is 0 Å². The molecule has 0 bridgehead atoms. The summed E-state index contributed by atoms with van der Waals surface area (Å²) < 4.78 is 0. The summed E-state index contributed by atoms with van der Waals surface area (Å²) in [6, 6.07) is 0. The molecule has 3 rings (SSSR count). The average molecular weight is 277 g/mol. The first-order chi connectivity index (χ1) is 9.61. The van der Waals surface area contributed by atoms with Gasteiger partial charge in [-0.3, -0.25) is 0 Å². The van der Waals surface area contributed by atoms with Crippen LogP contribution in [0.2, 0.25) is 0 Å².